The maximum Gasteiger partial charge on any atom is 0.139 e. The fraction of sp³-hybridized carbons (Fsp3) is 0.133. The van der Waals surface area contributed by atoms with Crippen LogP contribution in [0.1, 0.15) is 26.6 Å². The molecule has 0 bridgehead atoms. The molecule has 0 amide bonds. The molecule has 36 heavy (non-hydrogen) atoms. The third kappa shape index (κ3) is 4.99. The van der Waals surface area contributed by atoms with Crippen LogP contribution >= 0.6 is 12.6 Å². The van der Waals surface area contributed by atoms with Crippen LogP contribution in [0.25, 0.3) is 22.6 Å². The van der Waals surface area contributed by atoms with Crippen molar-refractivity contribution in [1.29, 1.82) is 0 Å². The predicted molar refractivity (Wildman–Crippen MR) is 149 cm³/mol. The number of hydrogen-bond donors (Lipinski definition) is 1. The third-order valence-electron chi connectivity index (χ3n) is 5.70. The molecule has 0 unspecified atom stereocenters. The molecule has 5 aromatic rings. The molecule has 3 aromatic heterocycles. The van der Waals surface area contributed by atoms with Crippen molar-refractivity contribution in [3.8, 4) is 22.6 Å². The highest BCUT2D eigenvalue weighted by Crippen LogP contribution is 2.34. The summed E-state index contributed by atoms with van der Waals surface area (Å²) < 4.78 is 0. The van der Waals surface area contributed by atoms with Crippen molar-refractivity contribution in [3.63, 3.8) is 0 Å². The first-order valence-corrected chi connectivity index (χ1v) is 12.3. The largest absolute Gasteiger partial charge is 0.279 e. The zero-order chi connectivity index (χ0) is 25.1. The fourth-order valence-corrected chi connectivity index (χ4v) is 4.15. The van der Waals surface area contributed by atoms with Gasteiger partial charge in [-0.1, -0.05) is 69.3 Å². The standard InChI is InChI=1S/C30H27N5S/c1-30(2,3)29-33-24(22-14-7-8-16-26(22)36)20-25(34-29)23-15-11-18-28(32-23)35(21-12-5-4-6-13-21)27-17-9-10-19-31-27/h4-20,36H,1-3H3. The molecule has 5 rings (SSSR count). The number of aromatic nitrogens is 4. The second kappa shape index (κ2) is 9.91. The lowest BCUT2D eigenvalue weighted by Gasteiger charge is -2.23. The Bertz CT molecular complexity index is 1440. The van der Waals surface area contributed by atoms with Gasteiger partial charge in [0.1, 0.15) is 17.5 Å². The van der Waals surface area contributed by atoms with Gasteiger partial charge < -0.3 is 0 Å². The molecule has 5 nitrogen and oxygen atoms in total. The van der Waals surface area contributed by atoms with E-state index in [2.05, 4.69) is 38.4 Å². The Hall–Kier alpha value is -4.03. The summed E-state index contributed by atoms with van der Waals surface area (Å²) in [4.78, 5) is 22.4. The minimum Gasteiger partial charge on any atom is -0.279 e. The maximum atomic E-state index is 5.05. The van der Waals surface area contributed by atoms with Gasteiger partial charge in [0, 0.05) is 27.8 Å². The van der Waals surface area contributed by atoms with E-state index < -0.39 is 0 Å². The van der Waals surface area contributed by atoms with Gasteiger partial charge in [-0.15, -0.1) is 12.6 Å². The van der Waals surface area contributed by atoms with Gasteiger partial charge in [0.05, 0.1) is 17.1 Å². The summed E-state index contributed by atoms with van der Waals surface area (Å²) in [5.41, 5.74) is 4.05. The van der Waals surface area contributed by atoms with Gasteiger partial charge in [0.25, 0.3) is 0 Å². The Balaban J connectivity index is 1.66. The van der Waals surface area contributed by atoms with Gasteiger partial charge >= 0.3 is 0 Å². The van der Waals surface area contributed by atoms with Gasteiger partial charge in [-0.3, -0.25) is 4.90 Å². The second-order valence-electron chi connectivity index (χ2n) is 9.47. The molecule has 0 N–H and O–H groups in total. The number of hydrogen-bond acceptors (Lipinski definition) is 6. The van der Waals surface area contributed by atoms with Crippen molar-refractivity contribution in [1.82, 2.24) is 19.9 Å². The van der Waals surface area contributed by atoms with E-state index in [1.54, 1.807) is 6.20 Å². The van der Waals surface area contributed by atoms with E-state index in [9.17, 15) is 0 Å². The molecule has 178 valence electrons. The first-order valence-electron chi connectivity index (χ1n) is 11.8. The number of para-hydroxylation sites is 1. The molecule has 0 spiro atoms. The molecule has 0 aliphatic carbocycles. The predicted octanol–water partition coefficient (Wildman–Crippen LogP) is 7.66. The molecule has 0 fully saturated rings. The summed E-state index contributed by atoms with van der Waals surface area (Å²) >= 11 is 4.67. The average Bonchev–Trinajstić information content (AvgIpc) is 2.90. The Morgan fingerprint density at radius 1 is 0.639 bits per heavy atom. The molecule has 0 atom stereocenters. The first kappa shape index (κ1) is 23.7. The smallest absolute Gasteiger partial charge is 0.139 e. The average molecular weight is 490 g/mol. The van der Waals surface area contributed by atoms with Crippen LogP contribution in [0.2, 0.25) is 0 Å². The van der Waals surface area contributed by atoms with Crippen LogP contribution in [-0.2, 0) is 5.41 Å². The van der Waals surface area contributed by atoms with E-state index >= 15 is 0 Å². The Morgan fingerprint density at radius 3 is 2.06 bits per heavy atom. The molecular weight excluding hydrogens is 462 g/mol. The number of rotatable bonds is 5. The number of anilines is 3. The SMILES string of the molecule is CC(C)(C)c1nc(-c2cccc(N(c3ccccc3)c3ccccn3)n2)cc(-c2ccccc2S)n1. The highest BCUT2D eigenvalue weighted by molar-refractivity contribution is 7.80. The Labute approximate surface area is 217 Å². The number of thiol groups is 1. The Kier molecular flexibility index (Phi) is 6.53. The fourth-order valence-electron chi connectivity index (χ4n) is 3.88. The summed E-state index contributed by atoms with van der Waals surface area (Å²) in [5.74, 6) is 2.30. The normalized spacial score (nSPS) is 11.3. The van der Waals surface area contributed by atoms with Crippen molar-refractivity contribution in [3.05, 3.63) is 109 Å². The van der Waals surface area contributed by atoms with Gasteiger partial charge in [-0.2, -0.15) is 0 Å². The lowest BCUT2D eigenvalue weighted by Crippen LogP contribution is -2.17. The highest BCUT2D eigenvalue weighted by atomic mass is 32.1. The molecule has 0 radical (unpaired) electrons. The second-order valence-corrected chi connectivity index (χ2v) is 9.95. The molecule has 2 aromatic carbocycles. The van der Waals surface area contributed by atoms with Crippen molar-refractivity contribution in [2.45, 2.75) is 31.1 Å². The van der Waals surface area contributed by atoms with Gasteiger partial charge in [0.2, 0.25) is 0 Å². The van der Waals surface area contributed by atoms with Crippen molar-refractivity contribution < 1.29 is 0 Å². The molecular formula is C30H27N5S. The van der Waals surface area contributed by atoms with Crippen LogP contribution in [-0.4, -0.2) is 19.9 Å². The van der Waals surface area contributed by atoms with Crippen molar-refractivity contribution in [2.75, 3.05) is 4.90 Å². The van der Waals surface area contributed by atoms with E-state index in [1.165, 1.54) is 0 Å². The summed E-state index contributed by atoms with van der Waals surface area (Å²) in [6.45, 7) is 6.35. The monoisotopic (exact) mass is 489 g/mol. The molecule has 3 heterocycles. The van der Waals surface area contributed by atoms with E-state index in [-0.39, 0.29) is 5.41 Å². The molecule has 0 saturated heterocycles. The lowest BCUT2D eigenvalue weighted by molar-refractivity contribution is 0.546. The summed E-state index contributed by atoms with van der Waals surface area (Å²) in [7, 11) is 0. The first-order chi connectivity index (χ1) is 17.4. The van der Waals surface area contributed by atoms with Gasteiger partial charge in [-0.05, 0) is 48.5 Å². The molecule has 0 aliphatic heterocycles. The zero-order valence-corrected chi connectivity index (χ0v) is 21.4. The van der Waals surface area contributed by atoms with Crippen LogP contribution in [0.4, 0.5) is 17.3 Å². The number of benzene rings is 2. The number of nitrogens with zero attached hydrogens (tertiary/aromatic N) is 5. The lowest BCUT2D eigenvalue weighted by atomic mass is 9.95. The van der Waals surface area contributed by atoms with Crippen LogP contribution in [0.5, 0.6) is 0 Å². The minimum atomic E-state index is -0.238. The van der Waals surface area contributed by atoms with E-state index in [4.69, 9.17) is 15.0 Å². The summed E-state index contributed by atoms with van der Waals surface area (Å²) in [6, 6.07) is 31.9. The van der Waals surface area contributed by atoms with Crippen LogP contribution in [0.3, 0.4) is 0 Å². The van der Waals surface area contributed by atoms with Crippen LogP contribution in [0.15, 0.2) is 108 Å². The molecule has 0 aliphatic rings. The van der Waals surface area contributed by atoms with Gasteiger partial charge in [0.15, 0.2) is 0 Å². The maximum absolute atomic E-state index is 5.05. The zero-order valence-electron chi connectivity index (χ0n) is 20.5. The molecule has 6 heteroatoms. The molecule has 0 saturated carbocycles. The van der Waals surface area contributed by atoms with Crippen molar-refractivity contribution >= 4 is 30.0 Å². The topological polar surface area (TPSA) is 54.8 Å². The van der Waals surface area contributed by atoms with E-state index in [1.807, 2.05) is 102 Å². The number of pyridine rings is 2. The van der Waals surface area contributed by atoms with Gasteiger partial charge in [-0.25, -0.2) is 19.9 Å². The van der Waals surface area contributed by atoms with Crippen molar-refractivity contribution in [2.24, 2.45) is 0 Å². The quantitative estimate of drug-likeness (QED) is 0.257. The minimum absolute atomic E-state index is 0.238. The van der Waals surface area contributed by atoms with Crippen LogP contribution in [0, 0.1) is 0 Å². The highest BCUT2D eigenvalue weighted by Gasteiger charge is 2.22. The Morgan fingerprint density at radius 2 is 1.33 bits per heavy atom. The summed E-state index contributed by atoms with van der Waals surface area (Å²) in [6.07, 6.45) is 1.79. The summed E-state index contributed by atoms with van der Waals surface area (Å²) in [5, 5.41) is 0. The van der Waals surface area contributed by atoms with Crippen LogP contribution < -0.4 is 4.90 Å². The van der Waals surface area contributed by atoms with E-state index in [0.717, 1.165) is 50.7 Å². The van der Waals surface area contributed by atoms with E-state index in [0.29, 0.717) is 0 Å². The third-order valence-corrected chi connectivity index (χ3v) is 6.09.